The van der Waals surface area contributed by atoms with Crippen molar-refractivity contribution in [3.05, 3.63) is 0 Å². The molecule has 2 aliphatic rings. The summed E-state index contributed by atoms with van der Waals surface area (Å²) >= 11 is 0. The smallest absolute Gasteiger partial charge is 0.0178 e. The van der Waals surface area contributed by atoms with Crippen LogP contribution in [-0.2, 0) is 0 Å². The Kier molecular flexibility index (Phi) is 3.60. The van der Waals surface area contributed by atoms with Crippen LogP contribution in [0, 0.1) is 5.41 Å². The molecule has 2 saturated heterocycles. The topological polar surface area (TPSA) is 15.3 Å². The van der Waals surface area contributed by atoms with Gasteiger partial charge in [-0.15, -0.1) is 0 Å². The second-order valence-corrected chi connectivity index (χ2v) is 6.19. The lowest BCUT2D eigenvalue weighted by atomic mass is 9.72. The van der Waals surface area contributed by atoms with Crippen molar-refractivity contribution in [3.63, 3.8) is 0 Å². The highest BCUT2D eigenvalue weighted by Gasteiger charge is 2.42. The maximum absolute atomic E-state index is 3.45. The molecule has 1 unspecified atom stereocenters. The van der Waals surface area contributed by atoms with Gasteiger partial charge >= 0.3 is 0 Å². The van der Waals surface area contributed by atoms with E-state index in [9.17, 15) is 0 Å². The number of nitrogens with zero attached hydrogens (tertiary/aromatic N) is 1. The van der Waals surface area contributed by atoms with Crippen molar-refractivity contribution < 1.29 is 0 Å². The van der Waals surface area contributed by atoms with E-state index in [0.717, 1.165) is 0 Å². The van der Waals surface area contributed by atoms with E-state index in [0.29, 0.717) is 11.0 Å². The van der Waals surface area contributed by atoms with Crippen molar-refractivity contribution in [2.24, 2.45) is 5.41 Å². The first-order valence-corrected chi connectivity index (χ1v) is 7.10. The van der Waals surface area contributed by atoms with Gasteiger partial charge in [-0.2, -0.15) is 0 Å². The van der Waals surface area contributed by atoms with Crippen LogP contribution in [0.3, 0.4) is 0 Å². The first-order valence-electron chi connectivity index (χ1n) is 7.10. The Bertz CT molecular complexity index is 225. The third-order valence-electron chi connectivity index (χ3n) is 5.14. The van der Waals surface area contributed by atoms with E-state index in [4.69, 9.17) is 0 Å². The highest BCUT2D eigenvalue weighted by atomic mass is 15.2. The fourth-order valence-corrected chi connectivity index (χ4v) is 3.45. The molecule has 0 aromatic carbocycles. The zero-order valence-corrected chi connectivity index (χ0v) is 11.3. The molecular formula is C14H28N2. The molecule has 0 radical (unpaired) electrons. The van der Waals surface area contributed by atoms with Crippen LogP contribution in [0.5, 0.6) is 0 Å². The predicted octanol–water partition coefficient (Wildman–Crippen LogP) is 2.64. The summed E-state index contributed by atoms with van der Waals surface area (Å²) in [6, 6.07) is 0. The van der Waals surface area contributed by atoms with Crippen molar-refractivity contribution in [2.75, 3.05) is 26.2 Å². The molecule has 1 spiro atoms. The Morgan fingerprint density at radius 3 is 2.19 bits per heavy atom. The van der Waals surface area contributed by atoms with E-state index in [1.165, 1.54) is 58.3 Å². The van der Waals surface area contributed by atoms with Crippen LogP contribution < -0.4 is 5.32 Å². The van der Waals surface area contributed by atoms with Gasteiger partial charge in [-0.25, -0.2) is 0 Å². The van der Waals surface area contributed by atoms with Gasteiger partial charge in [-0.3, -0.25) is 4.90 Å². The molecule has 1 atom stereocenters. The maximum atomic E-state index is 3.45. The van der Waals surface area contributed by atoms with Gasteiger partial charge in [0.2, 0.25) is 0 Å². The van der Waals surface area contributed by atoms with Crippen LogP contribution in [0.1, 0.15) is 52.9 Å². The van der Waals surface area contributed by atoms with Crippen LogP contribution in [0.15, 0.2) is 0 Å². The summed E-state index contributed by atoms with van der Waals surface area (Å²) in [7, 11) is 0. The minimum absolute atomic E-state index is 0.466. The van der Waals surface area contributed by atoms with Gasteiger partial charge in [0.05, 0.1) is 0 Å². The van der Waals surface area contributed by atoms with Gasteiger partial charge in [-0.1, -0.05) is 20.3 Å². The Morgan fingerprint density at radius 1 is 1.19 bits per heavy atom. The average molecular weight is 224 g/mol. The van der Waals surface area contributed by atoms with Crippen LogP contribution >= 0.6 is 0 Å². The van der Waals surface area contributed by atoms with E-state index < -0.39 is 0 Å². The van der Waals surface area contributed by atoms with Gasteiger partial charge in [0, 0.05) is 18.6 Å². The van der Waals surface area contributed by atoms with E-state index in [-0.39, 0.29) is 0 Å². The Balaban J connectivity index is 1.91. The monoisotopic (exact) mass is 224 g/mol. The molecule has 1 N–H and O–H groups in total. The average Bonchev–Trinajstić information content (AvgIpc) is 2.27. The Morgan fingerprint density at radius 2 is 1.81 bits per heavy atom. The summed E-state index contributed by atoms with van der Waals surface area (Å²) in [5.41, 5.74) is 1.16. The molecule has 2 heteroatoms. The molecule has 2 fully saturated rings. The number of rotatable bonds is 4. The van der Waals surface area contributed by atoms with Crippen LogP contribution in [0.25, 0.3) is 0 Å². The summed E-state index contributed by atoms with van der Waals surface area (Å²) < 4.78 is 0. The van der Waals surface area contributed by atoms with Gasteiger partial charge < -0.3 is 5.32 Å². The van der Waals surface area contributed by atoms with Crippen LogP contribution in [-0.4, -0.2) is 36.6 Å². The minimum Gasteiger partial charge on any atom is -0.316 e. The summed E-state index contributed by atoms with van der Waals surface area (Å²) in [5.74, 6) is 0. The highest BCUT2D eigenvalue weighted by molar-refractivity contribution is 4.98. The summed E-state index contributed by atoms with van der Waals surface area (Å²) in [4.78, 5) is 2.76. The van der Waals surface area contributed by atoms with Gasteiger partial charge in [0.25, 0.3) is 0 Å². The number of hydrogen-bond acceptors (Lipinski definition) is 2. The zero-order valence-electron chi connectivity index (χ0n) is 11.3. The molecule has 0 bridgehead atoms. The predicted molar refractivity (Wildman–Crippen MR) is 69.7 cm³/mol. The van der Waals surface area contributed by atoms with E-state index in [2.05, 4.69) is 31.0 Å². The lowest BCUT2D eigenvalue weighted by Crippen LogP contribution is -2.61. The van der Waals surface area contributed by atoms with Crippen molar-refractivity contribution in [3.8, 4) is 0 Å². The molecule has 2 aliphatic heterocycles. The van der Waals surface area contributed by atoms with Crippen molar-refractivity contribution in [1.29, 1.82) is 0 Å². The van der Waals surface area contributed by atoms with E-state index in [1.807, 2.05) is 0 Å². The molecule has 2 rings (SSSR count). The first-order chi connectivity index (χ1) is 7.64. The summed E-state index contributed by atoms with van der Waals surface area (Å²) in [6.45, 7) is 12.3. The third kappa shape index (κ3) is 2.14. The number of hydrogen-bond donors (Lipinski definition) is 1. The minimum atomic E-state index is 0.466. The first kappa shape index (κ1) is 12.4. The van der Waals surface area contributed by atoms with Crippen LogP contribution in [0.2, 0.25) is 0 Å². The van der Waals surface area contributed by atoms with E-state index >= 15 is 0 Å². The standard InChI is InChI=1S/C14H28N2/c1-4-6-13(3,5-2)16-9-7-14(8-10-16)11-15-12-14/h15H,4-12H2,1-3H3. The van der Waals surface area contributed by atoms with Gasteiger partial charge in [0.1, 0.15) is 0 Å². The number of piperidine rings is 1. The van der Waals surface area contributed by atoms with Crippen molar-refractivity contribution in [2.45, 2.75) is 58.4 Å². The Labute approximate surface area is 101 Å². The highest BCUT2D eigenvalue weighted by Crippen LogP contribution is 2.38. The fraction of sp³-hybridized carbons (Fsp3) is 1.00. The lowest BCUT2D eigenvalue weighted by Gasteiger charge is -2.52. The molecule has 2 heterocycles. The SMILES string of the molecule is CCCC(C)(CC)N1CCC2(CC1)CNC2. The van der Waals surface area contributed by atoms with E-state index in [1.54, 1.807) is 0 Å². The van der Waals surface area contributed by atoms with Gasteiger partial charge in [0.15, 0.2) is 0 Å². The van der Waals surface area contributed by atoms with Gasteiger partial charge in [-0.05, 0) is 51.1 Å². The molecule has 0 aromatic rings. The second-order valence-electron chi connectivity index (χ2n) is 6.19. The zero-order chi connectivity index (χ0) is 11.6. The summed E-state index contributed by atoms with van der Waals surface area (Å²) in [5, 5.41) is 3.45. The molecule has 0 aliphatic carbocycles. The molecule has 2 nitrogen and oxygen atoms in total. The summed E-state index contributed by atoms with van der Waals surface area (Å²) in [6.07, 6.45) is 6.80. The normalized spacial score (nSPS) is 28.7. The fourth-order valence-electron chi connectivity index (χ4n) is 3.45. The number of likely N-dealkylation sites (tertiary alicyclic amines) is 1. The number of nitrogens with one attached hydrogen (secondary N) is 1. The molecule has 16 heavy (non-hydrogen) atoms. The second kappa shape index (κ2) is 4.66. The maximum Gasteiger partial charge on any atom is 0.0178 e. The molecule has 0 amide bonds. The third-order valence-corrected chi connectivity index (χ3v) is 5.14. The Hall–Kier alpha value is -0.0800. The molecule has 0 aromatic heterocycles. The molecule has 94 valence electrons. The quantitative estimate of drug-likeness (QED) is 0.790. The lowest BCUT2D eigenvalue weighted by molar-refractivity contribution is -0.00481. The van der Waals surface area contributed by atoms with Crippen molar-refractivity contribution in [1.82, 2.24) is 10.2 Å². The largest absolute Gasteiger partial charge is 0.316 e. The van der Waals surface area contributed by atoms with Crippen LogP contribution in [0.4, 0.5) is 0 Å². The molecular weight excluding hydrogens is 196 g/mol. The molecule has 0 saturated carbocycles. The van der Waals surface area contributed by atoms with Crippen molar-refractivity contribution >= 4 is 0 Å².